The molecule has 8 nitrogen and oxygen atoms in total. The highest BCUT2D eigenvalue weighted by molar-refractivity contribution is 5.92. The van der Waals surface area contributed by atoms with Gasteiger partial charge < -0.3 is 24.5 Å². The summed E-state index contributed by atoms with van der Waals surface area (Å²) in [6.45, 7) is 3.33. The van der Waals surface area contributed by atoms with Gasteiger partial charge in [-0.3, -0.25) is 9.89 Å². The summed E-state index contributed by atoms with van der Waals surface area (Å²) in [4.78, 5) is 18.7. The van der Waals surface area contributed by atoms with Gasteiger partial charge in [-0.25, -0.2) is 4.79 Å². The van der Waals surface area contributed by atoms with E-state index in [9.17, 15) is 4.79 Å². The van der Waals surface area contributed by atoms with Crippen LogP contribution in [0.2, 0.25) is 0 Å². The zero-order valence-corrected chi connectivity index (χ0v) is 17.8. The number of hydrogen-bond acceptors (Lipinski definition) is 6. The van der Waals surface area contributed by atoms with Gasteiger partial charge in [0.15, 0.2) is 5.96 Å². The number of carbonyl (C=O) groups is 1. The normalized spacial score (nSPS) is 15.6. The van der Waals surface area contributed by atoms with E-state index in [0.717, 1.165) is 24.4 Å². The maximum absolute atomic E-state index is 12.0. The van der Waals surface area contributed by atoms with Gasteiger partial charge >= 0.3 is 5.97 Å². The summed E-state index contributed by atoms with van der Waals surface area (Å²) in [5, 5.41) is 6.69. The topological polar surface area (TPSA) is 88.3 Å². The molecule has 1 fully saturated rings. The van der Waals surface area contributed by atoms with Gasteiger partial charge in [0, 0.05) is 20.1 Å². The van der Waals surface area contributed by atoms with Crippen molar-refractivity contribution in [3.05, 3.63) is 53.5 Å². The number of esters is 1. The van der Waals surface area contributed by atoms with Gasteiger partial charge in [-0.15, -0.1) is 0 Å². The van der Waals surface area contributed by atoms with Gasteiger partial charge in [0.25, 0.3) is 0 Å². The van der Waals surface area contributed by atoms with Crippen LogP contribution in [-0.4, -0.2) is 57.7 Å². The third kappa shape index (κ3) is 5.33. The van der Waals surface area contributed by atoms with E-state index < -0.39 is 5.97 Å². The Labute approximate surface area is 177 Å². The zero-order valence-electron chi connectivity index (χ0n) is 17.8. The number of ether oxygens (including phenoxy) is 2. The minimum absolute atomic E-state index is 0.160. The lowest BCUT2D eigenvalue weighted by atomic mass is 10.1. The summed E-state index contributed by atoms with van der Waals surface area (Å²) < 4.78 is 15.8. The van der Waals surface area contributed by atoms with E-state index >= 15 is 0 Å². The first-order valence-corrected chi connectivity index (χ1v) is 10.1. The number of carbonyl (C=O) groups excluding carboxylic acids is 1. The van der Waals surface area contributed by atoms with Crippen LogP contribution in [0.15, 0.2) is 46.0 Å². The molecule has 0 bridgehead atoms. The molecule has 1 atom stereocenters. The number of nitrogens with one attached hydrogen (secondary N) is 2. The molecule has 1 aromatic carbocycles. The molecule has 2 heterocycles. The summed E-state index contributed by atoms with van der Waals surface area (Å²) >= 11 is 0. The first-order chi connectivity index (χ1) is 14.7. The van der Waals surface area contributed by atoms with E-state index in [2.05, 4.69) is 20.5 Å². The highest BCUT2D eigenvalue weighted by Crippen LogP contribution is 2.25. The number of hydrogen-bond donors (Lipinski definition) is 2. The molecule has 1 aliphatic heterocycles. The molecule has 0 amide bonds. The Bertz CT molecular complexity index is 845. The number of likely N-dealkylation sites (tertiary alicyclic amines) is 1. The summed E-state index contributed by atoms with van der Waals surface area (Å²) in [6, 6.07) is 9.54. The number of aliphatic imine (C=N–C) groups is 1. The minimum Gasteiger partial charge on any atom is -0.496 e. The molecule has 1 aliphatic rings. The number of guanidine groups is 1. The standard InChI is InChI=1S/C22H30N4O4/c1-23-22(24-14-16-8-9-19(28-2)17(13-16)21(27)29-3)25-15-18(20-7-6-12-30-20)26-10-4-5-11-26/h6-9,12-13,18H,4-5,10-11,14-15H2,1-3H3,(H2,23,24,25). The first kappa shape index (κ1) is 21.7. The Morgan fingerprint density at radius 3 is 2.67 bits per heavy atom. The third-order valence-electron chi connectivity index (χ3n) is 5.27. The number of rotatable bonds is 8. The molecule has 1 saturated heterocycles. The number of furan rings is 1. The molecule has 0 spiro atoms. The predicted octanol–water partition coefficient (Wildman–Crippen LogP) is 2.58. The monoisotopic (exact) mass is 414 g/mol. The van der Waals surface area contributed by atoms with Crippen LogP contribution in [0, 0.1) is 0 Å². The molecular weight excluding hydrogens is 384 g/mol. The van der Waals surface area contributed by atoms with Crippen molar-refractivity contribution in [1.82, 2.24) is 15.5 Å². The average Bonchev–Trinajstić information content (AvgIpc) is 3.50. The van der Waals surface area contributed by atoms with E-state index in [1.807, 2.05) is 18.2 Å². The van der Waals surface area contributed by atoms with Crippen LogP contribution in [0.3, 0.4) is 0 Å². The van der Waals surface area contributed by atoms with E-state index in [1.54, 1.807) is 25.4 Å². The smallest absolute Gasteiger partial charge is 0.341 e. The third-order valence-corrected chi connectivity index (χ3v) is 5.27. The Balaban J connectivity index is 1.61. The second kappa shape index (κ2) is 10.7. The highest BCUT2D eigenvalue weighted by atomic mass is 16.5. The van der Waals surface area contributed by atoms with E-state index in [0.29, 0.717) is 30.4 Å². The van der Waals surface area contributed by atoms with Crippen LogP contribution >= 0.6 is 0 Å². The van der Waals surface area contributed by atoms with Crippen molar-refractivity contribution in [2.45, 2.75) is 25.4 Å². The molecule has 1 unspecified atom stereocenters. The second-order valence-electron chi connectivity index (χ2n) is 7.11. The van der Waals surface area contributed by atoms with E-state index in [1.165, 1.54) is 27.1 Å². The van der Waals surface area contributed by atoms with Crippen molar-refractivity contribution in [3.8, 4) is 5.75 Å². The van der Waals surface area contributed by atoms with Gasteiger partial charge in [-0.1, -0.05) is 6.07 Å². The zero-order chi connectivity index (χ0) is 21.3. The SMILES string of the molecule is CN=C(NCc1ccc(OC)c(C(=O)OC)c1)NCC(c1ccco1)N1CCCC1. The van der Waals surface area contributed by atoms with Crippen LogP contribution in [-0.2, 0) is 11.3 Å². The Hall–Kier alpha value is -3.00. The first-order valence-electron chi connectivity index (χ1n) is 10.1. The second-order valence-corrected chi connectivity index (χ2v) is 7.11. The lowest BCUT2D eigenvalue weighted by Gasteiger charge is -2.26. The molecule has 8 heteroatoms. The van der Waals surface area contributed by atoms with Crippen LogP contribution in [0.25, 0.3) is 0 Å². The predicted molar refractivity (Wildman–Crippen MR) is 115 cm³/mol. The molecule has 2 aromatic rings. The maximum atomic E-state index is 12.0. The van der Waals surface area contributed by atoms with Crippen molar-refractivity contribution in [2.24, 2.45) is 4.99 Å². The molecule has 162 valence electrons. The van der Waals surface area contributed by atoms with Crippen molar-refractivity contribution < 1.29 is 18.7 Å². The molecule has 1 aromatic heterocycles. The molecule has 0 saturated carbocycles. The summed E-state index contributed by atoms with van der Waals surface area (Å²) in [5.41, 5.74) is 1.32. The summed E-state index contributed by atoms with van der Waals surface area (Å²) in [7, 11) is 4.62. The van der Waals surface area contributed by atoms with Gasteiger partial charge in [0.05, 0.1) is 26.5 Å². The number of methoxy groups -OCH3 is 2. The van der Waals surface area contributed by atoms with Crippen molar-refractivity contribution in [1.29, 1.82) is 0 Å². The Morgan fingerprint density at radius 1 is 1.23 bits per heavy atom. The van der Waals surface area contributed by atoms with E-state index in [-0.39, 0.29) is 6.04 Å². The molecule has 0 aliphatic carbocycles. The highest BCUT2D eigenvalue weighted by Gasteiger charge is 2.25. The minimum atomic E-state index is -0.428. The number of benzene rings is 1. The Morgan fingerprint density at radius 2 is 2.03 bits per heavy atom. The van der Waals surface area contributed by atoms with Crippen LogP contribution in [0.5, 0.6) is 5.75 Å². The molecule has 0 radical (unpaired) electrons. The summed E-state index contributed by atoms with van der Waals surface area (Å²) in [5.74, 6) is 1.70. The van der Waals surface area contributed by atoms with Crippen LogP contribution < -0.4 is 15.4 Å². The maximum Gasteiger partial charge on any atom is 0.341 e. The summed E-state index contributed by atoms with van der Waals surface area (Å²) in [6.07, 6.45) is 4.14. The Kier molecular flexibility index (Phi) is 7.73. The van der Waals surface area contributed by atoms with Crippen molar-refractivity contribution in [2.75, 3.05) is 40.9 Å². The lowest BCUT2D eigenvalue weighted by molar-refractivity contribution is 0.0597. The molecule has 3 rings (SSSR count). The average molecular weight is 415 g/mol. The fourth-order valence-electron chi connectivity index (χ4n) is 3.68. The van der Waals surface area contributed by atoms with Gasteiger partial charge in [-0.05, 0) is 55.8 Å². The number of nitrogens with zero attached hydrogens (tertiary/aromatic N) is 2. The lowest BCUT2D eigenvalue weighted by Crippen LogP contribution is -2.42. The van der Waals surface area contributed by atoms with Gasteiger partial charge in [-0.2, -0.15) is 0 Å². The fourth-order valence-corrected chi connectivity index (χ4v) is 3.68. The van der Waals surface area contributed by atoms with Gasteiger partial charge in [0.1, 0.15) is 17.1 Å². The van der Waals surface area contributed by atoms with Crippen molar-refractivity contribution >= 4 is 11.9 Å². The van der Waals surface area contributed by atoms with Crippen molar-refractivity contribution in [3.63, 3.8) is 0 Å². The van der Waals surface area contributed by atoms with Crippen LogP contribution in [0.4, 0.5) is 0 Å². The molecular formula is C22H30N4O4. The van der Waals surface area contributed by atoms with Gasteiger partial charge in [0.2, 0.25) is 0 Å². The largest absolute Gasteiger partial charge is 0.496 e. The van der Waals surface area contributed by atoms with E-state index in [4.69, 9.17) is 13.9 Å². The quantitative estimate of drug-likeness (QED) is 0.390. The molecule has 2 N–H and O–H groups in total. The molecule has 30 heavy (non-hydrogen) atoms. The van der Waals surface area contributed by atoms with Crippen LogP contribution in [0.1, 0.15) is 40.6 Å². The fraction of sp³-hybridized carbons (Fsp3) is 0.455.